The summed E-state index contributed by atoms with van der Waals surface area (Å²) in [7, 11) is 1.64. The lowest BCUT2D eigenvalue weighted by Gasteiger charge is -2.14. The van der Waals surface area contributed by atoms with Crippen molar-refractivity contribution in [1.29, 1.82) is 0 Å². The van der Waals surface area contributed by atoms with Crippen LogP contribution in [0.2, 0.25) is 0 Å². The minimum Gasteiger partial charge on any atom is -0.497 e. The lowest BCUT2D eigenvalue weighted by Crippen LogP contribution is -2.24. The van der Waals surface area contributed by atoms with E-state index in [0.29, 0.717) is 28.4 Å². The molecule has 5 aromatic rings. The minimum atomic E-state index is -0.0343. The lowest BCUT2D eigenvalue weighted by atomic mass is 10.2. The fourth-order valence-electron chi connectivity index (χ4n) is 3.63. The molecule has 6 nitrogen and oxygen atoms in total. The van der Waals surface area contributed by atoms with Gasteiger partial charge in [-0.25, -0.2) is 9.67 Å². The van der Waals surface area contributed by atoms with E-state index in [-0.39, 0.29) is 5.56 Å². The van der Waals surface area contributed by atoms with Crippen molar-refractivity contribution in [3.8, 4) is 11.4 Å². The van der Waals surface area contributed by atoms with Crippen molar-refractivity contribution < 1.29 is 4.74 Å². The fraction of sp³-hybridized carbons (Fsp3) is 0.115. The van der Waals surface area contributed by atoms with Gasteiger partial charge in [0, 0.05) is 18.1 Å². The maximum atomic E-state index is 13.3. The van der Waals surface area contributed by atoms with E-state index >= 15 is 0 Å². The third-order valence-corrected chi connectivity index (χ3v) is 6.45. The number of thioether (sulfide) groups is 1. The molecule has 0 N–H and O–H groups in total. The van der Waals surface area contributed by atoms with Gasteiger partial charge in [-0.05, 0) is 53.6 Å². The van der Waals surface area contributed by atoms with Crippen LogP contribution in [0.25, 0.3) is 16.6 Å². The molecule has 164 valence electrons. The molecule has 0 atom stereocenters. The molecule has 0 spiro atoms. The second kappa shape index (κ2) is 9.34. The Labute approximate surface area is 195 Å². The molecular formula is C26H22N4O2S. The van der Waals surface area contributed by atoms with Crippen molar-refractivity contribution in [2.75, 3.05) is 7.11 Å². The third kappa shape index (κ3) is 4.54. The molecule has 0 aliphatic rings. The number of nitrogens with zero attached hydrogens (tertiary/aromatic N) is 4. The summed E-state index contributed by atoms with van der Waals surface area (Å²) >= 11 is 1.56. The van der Waals surface area contributed by atoms with E-state index in [1.165, 1.54) is 0 Å². The molecule has 0 fully saturated rings. The highest BCUT2D eigenvalue weighted by atomic mass is 32.2. The first-order valence-electron chi connectivity index (χ1n) is 10.6. The molecule has 0 aliphatic carbocycles. The molecule has 0 saturated carbocycles. The summed E-state index contributed by atoms with van der Waals surface area (Å²) in [6.45, 7) is 0.446. The SMILES string of the molecule is COc1ccc(Cn2c(SCc3ccc(-n4cccn4)cc3)nc3ccccc3c2=O)cc1. The van der Waals surface area contributed by atoms with Gasteiger partial charge >= 0.3 is 0 Å². The van der Waals surface area contributed by atoms with Crippen molar-refractivity contribution in [2.24, 2.45) is 0 Å². The van der Waals surface area contributed by atoms with Gasteiger partial charge in [-0.3, -0.25) is 9.36 Å². The van der Waals surface area contributed by atoms with Crippen LogP contribution >= 0.6 is 11.8 Å². The van der Waals surface area contributed by atoms with Crippen LogP contribution in [0.5, 0.6) is 5.75 Å². The zero-order valence-electron chi connectivity index (χ0n) is 18.1. The van der Waals surface area contributed by atoms with Crippen LogP contribution in [-0.4, -0.2) is 26.4 Å². The maximum Gasteiger partial charge on any atom is 0.262 e. The molecule has 2 heterocycles. The van der Waals surface area contributed by atoms with Gasteiger partial charge in [0.15, 0.2) is 5.16 Å². The van der Waals surface area contributed by atoms with E-state index in [1.807, 2.05) is 77.6 Å². The van der Waals surface area contributed by atoms with Crippen molar-refractivity contribution in [3.63, 3.8) is 0 Å². The number of fused-ring (bicyclic) bond motifs is 1. The number of benzene rings is 3. The van der Waals surface area contributed by atoms with E-state index in [0.717, 1.165) is 22.6 Å². The first-order chi connectivity index (χ1) is 16.2. The Morgan fingerprint density at radius 2 is 1.67 bits per heavy atom. The topological polar surface area (TPSA) is 61.9 Å². The maximum absolute atomic E-state index is 13.3. The van der Waals surface area contributed by atoms with Crippen molar-refractivity contribution >= 4 is 22.7 Å². The molecule has 5 rings (SSSR count). The van der Waals surface area contributed by atoms with Gasteiger partial charge in [0.1, 0.15) is 5.75 Å². The Balaban J connectivity index is 1.44. The smallest absolute Gasteiger partial charge is 0.262 e. The molecule has 0 bridgehead atoms. The molecule has 3 aromatic carbocycles. The Kier molecular flexibility index (Phi) is 5.95. The second-order valence-electron chi connectivity index (χ2n) is 7.56. The van der Waals surface area contributed by atoms with E-state index in [1.54, 1.807) is 29.6 Å². The van der Waals surface area contributed by atoms with Gasteiger partial charge < -0.3 is 4.74 Å². The summed E-state index contributed by atoms with van der Waals surface area (Å²) in [6, 6.07) is 25.4. The van der Waals surface area contributed by atoms with Gasteiger partial charge in [-0.1, -0.05) is 48.2 Å². The van der Waals surface area contributed by atoms with Crippen molar-refractivity contribution in [2.45, 2.75) is 17.5 Å². The predicted molar refractivity (Wildman–Crippen MR) is 131 cm³/mol. The highest BCUT2D eigenvalue weighted by Crippen LogP contribution is 2.24. The Bertz CT molecular complexity index is 1430. The number of methoxy groups -OCH3 is 1. The van der Waals surface area contributed by atoms with E-state index in [9.17, 15) is 4.79 Å². The van der Waals surface area contributed by atoms with E-state index < -0.39 is 0 Å². The second-order valence-corrected chi connectivity index (χ2v) is 8.50. The molecule has 7 heteroatoms. The molecule has 33 heavy (non-hydrogen) atoms. The first-order valence-corrected chi connectivity index (χ1v) is 11.5. The number of aromatic nitrogens is 4. The summed E-state index contributed by atoms with van der Waals surface area (Å²) in [5.74, 6) is 1.49. The number of rotatable bonds is 7. The van der Waals surface area contributed by atoms with Crippen LogP contribution < -0.4 is 10.3 Å². The predicted octanol–water partition coefficient (Wildman–Crippen LogP) is 4.93. The van der Waals surface area contributed by atoms with Gasteiger partial charge in [0.25, 0.3) is 5.56 Å². The number of para-hydroxylation sites is 1. The number of hydrogen-bond acceptors (Lipinski definition) is 5. The Morgan fingerprint density at radius 1 is 0.909 bits per heavy atom. The molecule has 0 saturated heterocycles. The summed E-state index contributed by atoms with van der Waals surface area (Å²) in [5, 5.41) is 5.59. The zero-order valence-corrected chi connectivity index (χ0v) is 18.9. The number of ether oxygens (including phenoxy) is 1. The molecule has 0 radical (unpaired) electrons. The monoisotopic (exact) mass is 454 g/mol. The normalized spacial score (nSPS) is 11.1. The largest absolute Gasteiger partial charge is 0.497 e. The van der Waals surface area contributed by atoms with E-state index in [4.69, 9.17) is 9.72 Å². The van der Waals surface area contributed by atoms with Crippen molar-refractivity contribution in [3.05, 3.63) is 113 Å². The highest BCUT2D eigenvalue weighted by molar-refractivity contribution is 7.98. The number of hydrogen-bond donors (Lipinski definition) is 0. The molecule has 0 amide bonds. The van der Waals surface area contributed by atoms with Crippen LogP contribution in [0, 0.1) is 0 Å². The van der Waals surface area contributed by atoms with Crippen LogP contribution in [0.3, 0.4) is 0 Å². The van der Waals surface area contributed by atoms with Crippen LogP contribution in [0.4, 0.5) is 0 Å². The summed E-state index contributed by atoms with van der Waals surface area (Å²) in [6.07, 6.45) is 3.68. The van der Waals surface area contributed by atoms with E-state index in [2.05, 4.69) is 17.2 Å². The Morgan fingerprint density at radius 3 is 2.39 bits per heavy atom. The molecule has 0 aliphatic heterocycles. The average molecular weight is 455 g/mol. The van der Waals surface area contributed by atoms with Crippen LogP contribution in [-0.2, 0) is 12.3 Å². The van der Waals surface area contributed by atoms with Crippen LogP contribution in [0.15, 0.2) is 101 Å². The molecule has 2 aromatic heterocycles. The van der Waals surface area contributed by atoms with Gasteiger partial charge in [0.05, 0.1) is 30.2 Å². The first kappa shape index (κ1) is 21.0. The summed E-state index contributed by atoms with van der Waals surface area (Å²) in [4.78, 5) is 18.2. The lowest BCUT2D eigenvalue weighted by molar-refractivity contribution is 0.414. The van der Waals surface area contributed by atoms with Gasteiger partial charge in [-0.15, -0.1) is 0 Å². The van der Waals surface area contributed by atoms with Crippen LogP contribution in [0.1, 0.15) is 11.1 Å². The quantitative estimate of drug-likeness (QED) is 0.258. The standard InChI is InChI=1S/C26H22N4O2S/c1-32-22-13-9-19(10-14-22)17-29-25(31)23-5-2-3-6-24(23)28-26(29)33-18-20-7-11-21(12-8-20)30-16-4-15-27-30/h2-16H,17-18H2,1H3. The van der Waals surface area contributed by atoms with Crippen molar-refractivity contribution in [1.82, 2.24) is 19.3 Å². The average Bonchev–Trinajstić information content (AvgIpc) is 3.41. The summed E-state index contributed by atoms with van der Waals surface area (Å²) < 4.78 is 8.84. The fourth-order valence-corrected chi connectivity index (χ4v) is 4.58. The Hall–Kier alpha value is -3.84. The third-order valence-electron chi connectivity index (χ3n) is 5.40. The highest BCUT2D eigenvalue weighted by Gasteiger charge is 2.12. The van der Waals surface area contributed by atoms with Gasteiger partial charge in [-0.2, -0.15) is 5.10 Å². The molecular weight excluding hydrogens is 432 g/mol. The minimum absolute atomic E-state index is 0.0343. The van der Waals surface area contributed by atoms with Gasteiger partial charge in [0.2, 0.25) is 0 Å². The zero-order chi connectivity index (χ0) is 22.6. The summed E-state index contributed by atoms with van der Waals surface area (Å²) in [5.41, 5.74) is 3.85. The molecule has 0 unspecified atom stereocenters.